The second-order valence-corrected chi connectivity index (χ2v) is 5.28. The predicted octanol–water partition coefficient (Wildman–Crippen LogP) is 2.47. The first-order valence-electron chi connectivity index (χ1n) is 5.94. The molecule has 0 aliphatic rings. The van der Waals surface area contributed by atoms with Crippen LogP contribution in [0.1, 0.15) is 12.5 Å². The molecule has 2 aromatic rings. The van der Waals surface area contributed by atoms with Gasteiger partial charge in [-0.15, -0.1) is 0 Å². The Labute approximate surface area is 121 Å². The van der Waals surface area contributed by atoms with Crippen molar-refractivity contribution in [2.75, 3.05) is 5.32 Å². The molecule has 6 heteroatoms. The van der Waals surface area contributed by atoms with Crippen molar-refractivity contribution in [3.8, 4) is 6.07 Å². The Hall–Kier alpha value is -2.39. The van der Waals surface area contributed by atoms with Crippen molar-refractivity contribution in [1.29, 1.82) is 5.26 Å². The molecule has 1 N–H and O–H groups in total. The van der Waals surface area contributed by atoms with Crippen molar-refractivity contribution >= 4 is 23.4 Å². The number of nitriles is 1. The summed E-state index contributed by atoms with van der Waals surface area (Å²) in [6, 6.07) is 10.6. The van der Waals surface area contributed by atoms with Crippen LogP contribution in [0.3, 0.4) is 0 Å². The smallest absolute Gasteiger partial charge is 0.237 e. The SMILES string of the molecule is C[C@H](Sc1ncccn1)C(=O)Nc1cccc(C#N)c1. The van der Waals surface area contributed by atoms with Gasteiger partial charge >= 0.3 is 0 Å². The fourth-order valence-corrected chi connectivity index (χ4v) is 2.19. The van der Waals surface area contributed by atoms with Crippen LogP contribution >= 0.6 is 11.8 Å². The molecule has 5 nitrogen and oxygen atoms in total. The molecule has 0 spiro atoms. The van der Waals surface area contributed by atoms with Crippen molar-refractivity contribution in [1.82, 2.24) is 9.97 Å². The maximum Gasteiger partial charge on any atom is 0.237 e. The van der Waals surface area contributed by atoms with E-state index in [1.807, 2.05) is 6.07 Å². The van der Waals surface area contributed by atoms with Crippen molar-refractivity contribution in [3.63, 3.8) is 0 Å². The summed E-state index contributed by atoms with van der Waals surface area (Å²) in [6.45, 7) is 1.78. The summed E-state index contributed by atoms with van der Waals surface area (Å²) in [4.78, 5) is 20.2. The van der Waals surface area contributed by atoms with Crippen LogP contribution in [-0.2, 0) is 4.79 Å². The zero-order valence-corrected chi connectivity index (χ0v) is 11.6. The topological polar surface area (TPSA) is 78.7 Å². The third kappa shape index (κ3) is 3.80. The molecule has 0 unspecified atom stereocenters. The number of carbonyl (C=O) groups is 1. The minimum Gasteiger partial charge on any atom is -0.325 e. The zero-order valence-electron chi connectivity index (χ0n) is 10.8. The average Bonchev–Trinajstić information content (AvgIpc) is 2.48. The van der Waals surface area contributed by atoms with Crippen LogP contribution in [0.5, 0.6) is 0 Å². The Balaban J connectivity index is 1.99. The number of hydrogen-bond acceptors (Lipinski definition) is 5. The normalized spacial score (nSPS) is 11.4. The maximum atomic E-state index is 12.0. The van der Waals surface area contributed by atoms with Crippen LogP contribution in [0, 0.1) is 11.3 Å². The molecule has 20 heavy (non-hydrogen) atoms. The first-order valence-corrected chi connectivity index (χ1v) is 6.81. The minimum atomic E-state index is -0.330. The molecule has 100 valence electrons. The van der Waals surface area contributed by atoms with Crippen molar-refractivity contribution in [2.45, 2.75) is 17.3 Å². The fraction of sp³-hybridized carbons (Fsp3) is 0.143. The zero-order chi connectivity index (χ0) is 14.4. The number of nitrogens with zero attached hydrogens (tertiary/aromatic N) is 3. The molecule has 1 aromatic carbocycles. The van der Waals surface area contributed by atoms with Crippen LogP contribution < -0.4 is 5.32 Å². The second kappa shape index (κ2) is 6.68. The van der Waals surface area contributed by atoms with Gasteiger partial charge in [0.2, 0.25) is 5.91 Å². The van der Waals surface area contributed by atoms with E-state index in [9.17, 15) is 4.79 Å². The lowest BCUT2D eigenvalue weighted by atomic mass is 10.2. The van der Waals surface area contributed by atoms with E-state index in [2.05, 4.69) is 15.3 Å². The van der Waals surface area contributed by atoms with Gasteiger partial charge in [-0.2, -0.15) is 5.26 Å². The summed E-state index contributed by atoms with van der Waals surface area (Å²) >= 11 is 1.28. The molecule has 0 bridgehead atoms. The highest BCUT2D eigenvalue weighted by molar-refractivity contribution is 8.00. The Morgan fingerprint density at radius 1 is 1.35 bits per heavy atom. The van der Waals surface area contributed by atoms with Crippen LogP contribution in [0.2, 0.25) is 0 Å². The lowest BCUT2D eigenvalue weighted by Gasteiger charge is -2.11. The highest BCUT2D eigenvalue weighted by Gasteiger charge is 2.15. The molecule has 0 saturated heterocycles. The maximum absolute atomic E-state index is 12.0. The Morgan fingerprint density at radius 3 is 2.80 bits per heavy atom. The molecule has 0 aliphatic heterocycles. The molecule has 0 saturated carbocycles. The number of rotatable bonds is 4. The summed E-state index contributed by atoms with van der Waals surface area (Å²) in [5, 5.41) is 11.8. The molecule has 1 amide bonds. The van der Waals surface area contributed by atoms with Gasteiger partial charge in [0, 0.05) is 18.1 Å². The number of nitrogens with one attached hydrogen (secondary N) is 1. The standard InChI is InChI=1S/C14H12N4OS/c1-10(20-14-16-6-3-7-17-14)13(19)18-12-5-2-4-11(8-12)9-15/h2-8,10H,1H3,(H,18,19)/t10-/m0/s1. The number of amides is 1. The average molecular weight is 284 g/mol. The van der Waals surface area contributed by atoms with Gasteiger partial charge in [0.05, 0.1) is 16.9 Å². The van der Waals surface area contributed by atoms with E-state index in [1.165, 1.54) is 11.8 Å². The summed E-state index contributed by atoms with van der Waals surface area (Å²) in [5.41, 5.74) is 1.12. The Kier molecular flexibility index (Phi) is 4.69. The molecule has 1 heterocycles. The molecular weight excluding hydrogens is 272 g/mol. The first-order chi connectivity index (χ1) is 9.69. The molecule has 0 radical (unpaired) electrons. The lowest BCUT2D eigenvalue weighted by Crippen LogP contribution is -2.22. The van der Waals surface area contributed by atoms with Gasteiger partial charge in [-0.25, -0.2) is 9.97 Å². The Bertz CT molecular complexity index is 639. The molecule has 0 aliphatic carbocycles. The Morgan fingerprint density at radius 2 is 2.10 bits per heavy atom. The van der Waals surface area contributed by atoms with Crippen LogP contribution in [0.15, 0.2) is 47.9 Å². The van der Waals surface area contributed by atoms with E-state index < -0.39 is 0 Å². The van der Waals surface area contributed by atoms with Gasteiger partial charge in [-0.3, -0.25) is 4.79 Å². The van der Waals surface area contributed by atoms with Crippen molar-refractivity contribution in [3.05, 3.63) is 48.3 Å². The van der Waals surface area contributed by atoms with Crippen LogP contribution in [0.25, 0.3) is 0 Å². The molecular formula is C14H12N4OS. The van der Waals surface area contributed by atoms with Gasteiger partial charge < -0.3 is 5.32 Å². The highest BCUT2D eigenvalue weighted by Crippen LogP contribution is 2.20. The van der Waals surface area contributed by atoms with E-state index in [4.69, 9.17) is 5.26 Å². The van der Waals surface area contributed by atoms with E-state index in [0.29, 0.717) is 16.4 Å². The van der Waals surface area contributed by atoms with E-state index in [1.54, 1.807) is 49.6 Å². The number of benzene rings is 1. The lowest BCUT2D eigenvalue weighted by molar-refractivity contribution is -0.115. The molecule has 2 rings (SSSR count). The molecule has 1 atom stereocenters. The summed E-state index contributed by atoms with van der Waals surface area (Å²) < 4.78 is 0. The number of hydrogen-bond donors (Lipinski definition) is 1. The van der Waals surface area contributed by atoms with E-state index in [-0.39, 0.29) is 11.2 Å². The fourth-order valence-electron chi connectivity index (χ4n) is 1.47. The first kappa shape index (κ1) is 14.0. The third-order valence-electron chi connectivity index (χ3n) is 2.45. The second-order valence-electron chi connectivity index (χ2n) is 3.97. The summed E-state index contributed by atoms with van der Waals surface area (Å²) in [6.07, 6.45) is 3.27. The minimum absolute atomic E-state index is 0.155. The number of anilines is 1. The number of aromatic nitrogens is 2. The predicted molar refractivity (Wildman–Crippen MR) is 77.1 cm³/mol. The highest BCUT2D eigenvalue weighted by atomic mass is 32.2. The van der Waals surface area contributed by atoms with Gasteiger partial charge in [0.15, 0.2) is 5.16 Å². The number of carbonyl (C=O) groups excluding carboxylic acids is 1. The summed E-state index contributed by atoms with van der Waals surface area (Å²) in [5.74, 6) is -0.155. The monoisotopic (exact) mass is 284 g/mol. The van der Waals surface area contributed by atoms with Gasteiger partial charge in [0.1, 0.15) is 0 Å². The van der Waals surface area contributed by atoms with E-state index >= 15 is 0 Å². The molecule has 0 fully saturated rings. The van der Waals surface area contributed by atoms with E-state index in [0.717, 1.165) is 0 Å². The van der Waals surface area contributed by atoms with Crippen molar-refractivity contribution in [2.24, 2.45) is 0 Å². The summed E-state index contributed by atoms with van der Waals surface area (Å²) in [7, 11) is 0. The van der Waals surface area contributed by atoms with Gasteiger partial charge in [-0.1, -0.05) is 17.8 Å². The largest absolute Gasteiger partial charge is 0.325 e. The van der Waals surface area contributed by atoms with Crippen LogP contribution in [-0.4, -0.2) is 21.1 Å². The van der Waals surface area contributed by atoms with Crippen LogP contribution in [0.4, 0.5) is 5.69 Å². The van der Waals surface area contributed by atoms with Crippen molar-refractivity contribution < 1.29 is 4.79 Å². The third-order valence-corrected chi connectivity index (χ3v) is 3.44. The quantitative estimate of drug-likeness (QED) is 0.689. The molecule has 1 aromatic heterocycles. The number of thioether (sulfide) groups is 1. The van der Waals surface area contributed by atoms with Gasteiger partial charge in [-0.05, 0) is 31.2 Å². The van der Waals surface area contributed by atoms with Gasteiger partial charge in [0.25, 0.3) is 0 Å².